The third kappa shape index (κ3) is 7.55. The quantitative estimate of drug-likeness (QED) is 0.364. The van der Waals surface area contributed by atoms with Gasteiger partial charge in [-0.1, -0.05) is 68.7 Å². The van der Waals surface area contributed by atoms with E-state index in [1.165, 1.54) is 9.80 Å². The molecule has 5 aliphatic rings. The number of nitrogens with one attached hydrogen (secondary N) is 3. The van der Waals surface area contributed by atoms with E-state index in [4.69, 9.17) is 22.1 Å². The number of amides is 4. The fraction of sp³-hybridized carbons (Fsp3) is 0.688. The Hall–Kier alpha value is -2.94. The van der Waals surface area contributed by atoms with Gasteiger partial charge in [0.05, 0.1) is 19.1 Å². The molecule has 5 N–H and O–H groups in total. The number of hydrogen-bond acceptors (Lipinski definition) is 8. The van der Waals surface area contributed by atoms with Crippen LogP contribution in [0.25, 0.3) is 0 Å². The molecule has 1 aromatic rings. The smallest absolute Gasteiger partial charge is 0.410 e. The van der Waals surface area contributed by atoms with Gasteiger partial charge in [-0.15, -0.1) is 0 Å². The number of nitrogens with zero attached hydrogens (tertiary/aromatic N) is 2. The molecule has 2 saturated carbocycles. The Morgan fingerprint density at radius 1 is 1.00 bits per heavy atom. The summed E-state index contributed by atoms with van der Waals surface area (Å²) >= 11 is 6.33. The average molecular weight is 693 g/mol. The van der Waals surface area contributed by atoms with Crippen LogP contribution in [0.5, 0.6) is 0 Å². The first-order valence-corrected chi connectivity index (χ1v) is 18.8. The van der Waals surface area contributed by atoms with Crippen LogP contribution < -0.4 is 20.5 Å². The molecule has 5 atom stereocenters. The molecule has 3 heterocycles. The van der Waals surface area contributed by atoms with Crippen molar-refractivity contribution < 1.29 is 32.3 Å². The zero-order valence-corrected chi connectivity index (χ0v) is 28.1. The van der Waals surface area contributed by atoms with E-state index in [9.17, 15) is 27.6 Å². The maximum Gasteiger partial charge on any atom is 0.410 e. The van der Waals surface area contributed by atoms with Crippen molar-refractivity contribution in [3.8, 4) is 0 Å². The van der Waals surface area contributed by atoms with E-state index < -0.39 is 57.8 Å². The highest BCUT2D eigenvalue weighted by atomic mass is 35.5. The monoisotopic (exact) mass is 692 g/mol. The normalized spacial score (nSPS) is 30.4. The first-order valence-electron chi connectivity index (χ1n) is 16.9. The summed E-state index contributed by atoms with van der Waals surface area (Å²) < 4.78 is 36.4. The molecule has 0 unspecified atom stereocenters. The van der Waals surface area contributed by atoms with Crippen molar-refractivity contribution >= 4 is 45.6 Å². The van der Waals surface area contributed by atoms with Gasteiger partial charge in [-0.25, -0.2) is 9.52 Å². The molecule has 3 aliphatic heterocycles. The fourth-order valence-electron chi connectivity index (χ4n) is 7.70. The number of fused-ring (bicyclic) bond motifs is 3. The summed E-state index contributed by atoms with van der Waals surface area (Å²) in [6.07, 6.45) is 7.63. The summed E-state index contributed by atoms with van der Waals surface area (Å²) in [5.74, 6) is -2.05. The number of hydrogen-bond donors (Lipinski definition) is 4. The van der Waals surface area contributed by atoms with Crippen LogP contribution in [0.1, 0.15) is 94.6 Å². The maximum atomic E-state index is 14.0. The zero-order chi connectivity index (χ0) is 33.3. The molecule has 15 heteroatoms. The number of carbonyl (C=O) groups excluding carboxylic acids is 4. The lowest BCUT2D eigenvalue weighted by atomic mass is 10.0. The molecule has 258 valence electrons. The van der Waals surface area contributed by atoms with Gasteiger partial charge in [0.25, 0.3) is 5.91 Å². The van der Waals surface area contributed by atoms with E-state index in [0.717, 1.165) is 56.1 Å². The summed E-state index contributed by atoms with van der Waals surface area (Å²) in [6.45, 7) is 0.589. The molecule has 1 aromatic carbocycles. The summed E-state index contributed by atoms with van der Waals surface area (Å²) in [4.78, 5) is 57.4. The molecule has 2 saturated heterocycles. The molecule has 0 radical (unpaired) electrons. The molecular weight excluding hydrogens is 648 g/mol. The van der Waals surface area contributed by atoms with Gasteiger partial charge in [0.2, 0.25) is 11.8 Å². The highest BCUT2D eigenvalue weighted by Crippen LogP contribution is 2.48. The lowest BCUT2D eigenvalue weighted by Crippen LogP contribution is -2.58. The molecule has 2 aliphatic carbocycles. The van der Waals surface area contributed by atoms with Gasteiger partial charge in [0.1, 0.15) is 17.7 Å². The third-order valence-corrected chi connectivity index (χ3v) is 11.9. The van der Waals surface area contributed by atoms with Gasteiger partial charge >= 0.3 is 16.3 Å². The molecule has 4 amide bonds. The van der Waals surface area contributed by atoms with Crippen molar-refractivity contribution in [2.75, 3.05) is 6.54 Å². The number of nitrogens with two attached hydrogens (primary N) is 1. The van der Waals surface area contributed by atoms with Crippen LogP contribution in [-0.4, -0.2) is 78.3 Å². The second-order valence-electron chi connectivity index (χ2n) is 13.8. The first-order chi connectivity index (χ1) is 22.5. The lowest BCUT2D eigenvalue weighted by molar-refractivity contribution is -0.140. The zero-order valence-electron chi connectivity index (χ0n) is 26.5. The lowest BCUT2D eigenvalue weighted by Gasteiger charge is -2.28. The summed E-state index contributed by atoms with van der Waals surface area (Å²) in [6, 6.07) is 3.37. The molecule has 0 bridgehead atoms. The fourth-order valence-corrected chi connectivity index (χ4v) is 9.11. The number of halogens is 1. The van der Waals surface area contributed by atoms with Crippen LogP contribution in [0.2, 0.25) is 5.02 Å². The predicted molar refractivity (Wildman–Crippen MR) is 173 cm³/mol. The second kappa shape index (κ2) is 13.9. The van der Waals surface area contributed by atoms with Gasteiger partial charge in [0.15, 0.2) is 0 Å². The van der Waals surface area contributed by atoms with E-state index in [1.807, 2.05) is 12.1 Å². The highest BCUT2D eigenvalue weighted by Gasteiger charge is 2.62. The molecule has 0 spiro atoms. The molecule has 47 heavy (non-hydrogen) atoms. The third-order valence-electron chi connectivity index (χ3n) is 10.4. The Kier molecular flexibility index (Phi) is 10.0. The van der Waals surface area contributed by atoms with Crippen LogP contribution in [0.4, 0.5) is 4.79 Å². The van der Waals surface area contributed by atoms with Gasteiger partial charge in [0, 0.05) is 24.0 Å². The van der Waals surface area contributed by atoms with Gasteiger partial charge in [-0.05, 0) is 55.2 Å². The van der Waals surface area contributed by atoms with Crippen molar-refractivity contribution in [2.45, 2.75) is 126 Å². The predicted octanol–water partition coefficient (Wildman–Crippen LogP) is 2.60. The summed E-state index contributed by atoms with van der Waals surface area (Å²) in [7, 11) is -4.15. The number of benzene rings is 1. The minimum atomic E-state index is -4.15. The first kappa shape index (κ1) is 33.9. The van der Waals surface area contributed by atoms with Crippen molar-refractivity contribution in [3.63, 3.8) is 0 Å². The van der Waals surface area contributed by atoms with Gasteiger partial charge < -0.3 is 20.7 Å². The van der Waals surface area contributed by atoms with E-state index in [1.54, 1.807) is 6.07 Å². The van der Waals surface area contributed by atoms with Crippen molar-refractivity contribution in [2.24, 2.45) is 11.7 Å². The Balaban J connectivity index is 1.18. The van der Waals surface area contributed by atoms with Crippen LogP contribution in [-0.2, 0) is 42.4 Å². The van der Waals surface area contributed by atoms with Crippen LogP contribution >= 0.6 is 11.6 Å². The van der Waals surface area contributed by atoms with E-state index in [2.05, 4.69) is 14.8 Å². The number of carbonyl (C=O) groups is 4. The van der Waals surface area contributed by atoms with E-state index in [0.29, 0.717) is 43.7 Å². The Morgan fingerprint density at radius 2 is 1.70 bits per heavy atom. The molecule has 0 aromatic heterocycles. The molecule has 4 fully saturated rings. The van der Waals surface area contributed by atoms with Gasteiger partial charge in [-0.2, -0.15) is 13.1 Å². The van der Waals surface area contributed by atoms with E-state index in [-0.39, 0.29) is 31.5 Å². The standard InChI is InChI=1S/C32H45ClN6O7S/c33-25-13-8-9-20-17-38(19-24(20)25)31(43)46-23-15-27-28(40)35-32(30(42)37-47(44,45)36-22-11-6-7-12-22)16-21(32)10-4-2-1-3-5-14-26(34)29(41)39(27)18-23/h8-9,13,21-23,26-27,36H,1-7,10-12,14-19,34H2,(H,35,40)(H,37,42)/t21-,23-,26+,27+,32-/m1/s1. The molecular formula is C32H45ClN6O7S. The second-order valence-corrected chi connectivity index (χ2v) is 15.7. The van der Waals surface area contributed by atoms with Crippen molar-refractivity contribution in [1.82, 2.24) is 24.6 Å². The van der Waals surface area contributed by atoms with Crippen LogP contribution in [0, 0.1) is 5.92 Å². The Labute approximate surface area is 280 Å². The summed E-state index contributed by atoms with van der Waals surface area (Å²) in [5, 5.41) is 3.43. The maximum absolute atomic E-state index is 14.0. The SMILES string of the molecule is N[C@H]1CCCCCCC[C@@H]2C[C@@]2(C(=O)NS(=O)(=O)NC2CCCC2)NC(=O)[C@@H]2C[C@@H](OC(=O)N3Cc4cccc(Cl)c4C3)CN2C1=O. The van der Waals surface area contributed by atoms with Crippen molar-refractivity contribution in [1.29, 1.82) is 0 Å². The number of rotatable bonds is 5. The average Bonchev–Trinajstić information content (AvgIpc) is 3.45. The topological polar surface area (TPSA) is 180 Å². The molecule has 6 rings (SSSR count). The Morgan fingerprint density at radius 3 is 2.45 bits per heavy atom. The summed E-state index contributed by atoms with van der Waals surface area (Å²) in [5.41, 5.74) is 6.69. The minimum Gasteiger partial charge on any atom is -0.444 e. The van der Waals surface area contributed by atoms with Crippen LogP contribution in [0.3, 0.4) is 0 Å². The molecule has 13 nitrogen and oxygen atoms in total. The van der Waals surface area contributed by atoms with Crippen LogP contribution in [0.15, 0.2) is 18.2 Å². The highest BCUT2D eigenvalue weighted by molar-refractivity contribution is 7.88. The largest absolute Gasteiger partial charge is 0.444 e. The van der Waals surface area contributed by atoms with E-state index >= 15 is 0 Å². The van der Waals surface area contributed by atoms with Crippen molar-refractivity contribution in [3.05, 3.63) is 34.3 Å². The number of ether oxygens (including phenoxy) is 1. The van der Waals surface area contributed by atoms with Gasteiger partial charge in [-0.3, -0.25) is 19.3 Å². The minimum absolute atomic E-state index is 0.0154. The Bertz CT molecular complexity index is 1500.